The minimum absolute atomic E-state index is 0.0463. The summed E-state index contributed by atoms with van der Waals surface area (Å²) >= 11 is 0. The molecule has 6 nitrogen and oxygen atoms in total. The molecule has 3 rings (SSSR count). The molecule has 1 aromatic heterocycles. The molecule has 0 bridgehead atoms. The molecule has 0 unspecified atom stereocenters. The Morgan fingerprint density at radius 2 is 1.87 bits per heavy atom. The average Bonchev–Trinajstić information content (AvgIpc) is 3.26. The summed E-state index contributed by atoms with van der Waals surface area (Å²) in [6.07, 6.45) is 6.61. The van der Waals surface area contributed by atoms with Gasteiger partial charge in [-0.1, -0.05) is 61.3 Å². The topological polar surface area (TPSA) is 77.2 Å². The summed E-state index contributed by atoms with van der Waals surface area (Å²) < 4.78 is 10.6. The molecular weight excluding hydrogens is 390 g/mol. The number of hydrogen-bond acceptors (Lipinski definition) is 5. The second-order valence-corrected chi connectivity index (χ2v) is 7.53. The monoisotopic (exact) mass is 417 g/mol. The number of ether oxygens (including phenoxy) is 1. The van der Waals surface area contributed by atoms with E-state index in [4.69, 9.17) is 15.7 Å². The van der Waals surface area contributed by atoms with E-state index in [1.807, 2.05) is 36.4 Å². The first-order valence-electron chi connectivity index (χ1n) is 10.4. The van der Waals surface area contributed by atoms with E-state index in [0.717, 1.165) is 23.3 Å². The molecule has 2 aromatic carbocycles. The number of nitrogens with one attached hydrogen (secondary N) is 1. The lowest BCUT2D eigenvalue weighted by Gasteiger charge is -2.06. The Kier molecular flexibility index (Phi) is 7.83. The van der Waals surface area contributed by atoms with Crippen LogP contribution in [0.1, 0.15) is 43.2 Å². The molecule has 6 heteroatoms. The van der Waals surface area contributed by atoms with E-state index in [-0.39, 0.29) is 12.5 Å². The smallest absolute Gasteiger partial charge is 0.227 e. The number of terminal acetylenes is 1. The number of aryl methyl sites for hydroxylation is 1. The van der Waals surface area contributed by atoms with Crippen molar-refractivity contribution in [3.63, 3.8) is 0 Å². The average molecular weight is 418 g/mol. The van der Waals surface area contributed by atoms with Gasteiger partial charge in [-0.3, -0.25) is 4.79 Å². The lowest BCUT2D eigenvalue weighted by Crippen LogP contribution is -2.25. The maximum atomic E-state index is 12.1. The number of carbonyl (C=O) groups is 1. The van der Waals surface area contributed by atoms with Gasteiger partial charge in [-0.25, -0.2) is 0 Å². The summed E-state index contributed by atoms with van der Waals surface area (Å²) in [6.45, 7) is 5.11. The molecule has 0 aliphatic carbocycles. The van der Waals surface area contributed by atoms with Crippen molar-refractivity contribution < 1.29 is 14.1 Å². The van der Waals surface area contributed by atoms with Crippen LogP contribution in [-0.4, -0.2) is 29.2 Å². The zero-order valence-corrected chi connectivity index (χ0v) is 17.9. The SMILES string of the molecule is C#CCOc1ccc(CCNC(=O)CCc2nc(-c3ccc(C(C)C)cc3)no2)cc1. The van der Waals surface area contributed by atoms with E-state index < -0.39 is 0 Å². The predicted octanol–water partition coefficient (Wildman–Crippen LogP) is 4.16. The summed E-state index contributed by atoms with van der Waals surface area (Å²) in [5.41, 5.74) is 3.27. The lowest BCUT2D eigenvalue weighted by atomic mass is 10.0. The van der Waals surface area contributed by atoms with Crippen molar-refractivity contribution in [3.8, 4) is 29.5 Å². The fourth-order valence-electron chi connectivity index (χ4n) is 3.02. The third-order valence-corrected chi connectivity index (χ3v) is 4.85. The first kappa shape index (κ1) is 22.1. The Hall–Kier alpha value is -3.59. The van der Waals surface area contributed by atoms with Gasteiger partial charge in [0.15, 0.2) is 0 Å². The summed E-state index contributed by atoms with van der Waals surface area (Å²) in [5, 5.41) is 6.95. The van der Waals surface area contributed by atoms with Gasteiger partial charge < -0.3 is 14.6 Å². The van der Waals surface area contributed by atoms with Crippen molar-refractivity contribution in [1.82, 2.24) is 15.5 Å². The van der Waals surface area contributed by atoms with E-state index >= 15 is 0 Å². The molecule has 0 saturated carbocycles. The number of nitrogens with zero attached hydrogens (tertiary/aromatic N) is 2. The highest BCUT2D eigenvalue weighted by atomic mass is 16.5. The third kappa shape index (κ3) is 6.71. The van der Waals surface area contributed by atoms with Crippen LogP contribution in [0.4, 0.5) is 0 Å². The molecule has 0 aliphatic rings. The van der Waals surface area contributed by atoms with E-state index in [1.54, 1.807) is 0 Å². The predicted molar refractivity (Wildman–Crippen MR) is 120 cm³/mol. The number of hydrogen-bond donors (Lipinski definition) is 1. The number of aromatic nitrogens is 2. The van der Waals surface area contributed by atoms with E-state index in [9.17, 15) is 4.79 Å². The zero-order chi connectivity index (χ0) is 22.1. The fourth-order valence-corrected chi connectivity index (χ4v) is 3.02. The van der Waals surface area contributed by atoms with Crippen LogP contribution in [0.5, 0.6) is 5.75 Å². The molecule has 0 spiro atoms. The van der Waals surface area contributed by atoms with E-state index in [1.165, 1.54) is 5.56 Å². The van der Waals surface area contributed by atoms with Crippen molar-refractivity contribution in [3.05, 3.63) is 65.5 Å². The lowest BCUT2D eigenvalue weighted by molar-refractivity contribution is -0.121. The summed E-state index contributed by atoms with van der Waals surface area (Å²) in [4.78, 5) is 16.5. The number of rotatable bonds is 10. The summed E-state index contributed by atoms with van der Waals surface area (Å²) in [7, 11) is 0. The molecule has 0 fully saturated rings. The first-order valence-corrected chi connectivity index (χ1v) is 10.4. The minimum atomic E-state index is -0.0463. The normalized spacial score (nSPS) is 10.6. The van der Waals surface area contributed by atoms with E-state index in [0.29, 0.717) is 37.0 Å². The van der Waals surface area contributed by atoms with Gasteiger partial charge in [-0.2, -0.15) is 4.98 Å². The van der Waals surface area contributed by atoms with Crippen molar-refractivity contribution >= 4 is 5.91 Å². The largest absolute Gasteiger partial charge is 0.481 e. The van der Waals surface area contributed by atoms with Gasteiger partial charge in [-0.05, 0) is 35.6 Å². The molecule has 1 heterocycles. The van der Waals surface area contributed by atoms with Crippen LogP contribution in [-0.2, 0) is 17.6 Å². The number of amides is 1. The Bertz CT molecular complexity index is 1020. The summed E-state index contributed by atoms with van der Waals surface area (Å²) in [6, 6.07) is 15.8. The Labute approximate surface area is 183 Å². The molecule has 0 radical (unpaired) electrons. The second-order valence-electron chi connectivity index (χ2n) is 7.53. The Morgan fingerprint density at radius 1 is 1.13 bits per heavy atom. The van der Waals surface area contributed by atoms with Gasteiger partial charge in [0.1, 0.15) is 12.4 Å². The molecule has 3 aromatic rings. The molecule has 0 aliphatic heterocycles. The third-order valence-electron chi connectivity index (χ3n) is 4.85. The van der Waals surface area contributed by atoms with Crippen LogP contribution in [0.25, 0.3) is 11.4 Å². The van der Waals surface area contributed by atoms with Crippen molar-refractivity contribution in [1.29, 1.82) is 0 Å². The second kappa shape index (κ2) is 11.0. The highest BCUT2D eigenvalue weighted by Gasteiger charge is 2.11. The fraction of sp³-hybridized carbons (Fsp3) is 0.320. The molecule has 0 atom stereocenters. The Balaban J connectivity index is 1.40. The summed E-state index contributed by atoms with van der Waals surface area (Å²) in [5.74, 6) is 4.60. The van der Waals surface area contributed by atoms with Crippen LogP contribution in [0.2, 0.25) is 0 Å². The van der Waals surface area contributed by atoms with Crippen molar-refractivity contribution in [2.24, 2.45) is 0 Å². The number of carbonyl (C=O) groups excluding carboxylic acids is 1. The first-order chi connectivity index (χ1) is 15.0. The van der Waals surface area contributed by atoms with Crippen LogP contribution in [0.3, 0.4) is 0 Å². The standard InChI is InChI=1S/C25H27N3O3/c1-4-17-30-22-11-5-19(6-12-22)15-16-26-23(29)13-14-24-27-25(28-31-24)21-9-7-20(8-10-21)18(2)3/h1,5-12,18H,13-17H2,2-3H3,(H,26,29). The molecular formula is C25H27N3O3. The number of benzene rings is 2. The van der Waals surface area contributed by atoms with Gasteiger partial charge in [0.05, 0.1) is 0 Å². The van der Waals surface area contributed by atoms with Gasteiger partial charge in [0.25, 0.3) is 0 Å². The highest BCUT2D eigenvalue weighted by Crippen LogP contribution is 2.20. The zero-order valence-electron chi connectivity index (χ0n) is 17.9. The molecule has 1 amide bonds. The van der Waals surface area contributed by atoms with Crippen molar-refractivity contribution in [2.45, 2.75) is 39.0 Å². The quantitative estimate of drug-likeness (QED) is 0.501. The maximum absolute atomic E-state index is 12.1. The van der Waals surface area contributed by atoms with Gasteiger partial charge in [0, 0.05) is 24.9 Å². The van der Waals surface area contributed by atoms with Crippen LogP contribution in [0.15, 0.2) is 53.1 Å². The van der Waals surface area contributed by atoms with Gasteiger partial charge >= 0.3 is 0 Å². The highest BCUT2D eigenvalue weighted by molar-refractivity contribution is 5.76. The van der Waals surface area contributed by atoms with Crippen molar-refractivity contribution in [2.75, 3.05) is 13.2 Å². The van der Waals surface area contributed by atoms with Crippen LogP contribution in [0, 0.1) is 12.3 Å². The van der Waals surface area contributed by atoms with E-state index in [2.05, 4.69) is 47.4 Å². The molecule has 0 saturated heterocycles. The Morgan fingerprint density at radius 3 is 2.55 bits per heavy atom. The molecule has 1 N–H and O–H groups in total. The molecule has 160 valence electrons. The van der Waals surface area contributed by atoms with Gasteiger partial charge in [0.2, 0.25) is 17.6 Å². The van der Waals surface area contributed by atoms with Gasteiger partial charge in [-0.15, -0.1) is 6.42 Å². The minimum Gasteiger partial charge on any atom is -0.481 e. The molecule has 31 heavy (non-hydrogen) atoms. The maximum Gasteiger partial charge on any atom is 0.227 e. The van der Waals surface area contributed by atoms with Crippen LogP contribution < -0.4 is 10.1 Å². The van der Waals surface area contributed by atoms with Crippen LogP contribution >= 0.6 is 0 Å².